The van der Waals surface area contributed by atoms with Crippen LogP contribution < -0.4 is 5.32 Å². The number of amides is 2. The van der Waals surface area contributed by atoms with Gasteiger partial charge in [-0.2, -0.15) is 0 Å². The molecular formula is C16H21FN2O2. The first-order valence-electron chi connectivity index (χ1n) is 7.35. The van der Waals surface area contributed by atoms with E-state index in [0.717, 1.165) is 25.7 Å². The number of nitrogens with zero attached hydrogens (tertiary/aromatic N) is 1. The maximum atomic E-state index is 13.5. The lowest BCUT2D eigenvalue weighted by molar-refractivity contribution is -0.136. The second-order valence-corrected chi connectivity index (χ2v) is 5.45. The number of nitrogens with one attached hydrogen (secondary N) is 1. The molecule has 1 aliphatic rings. The van der Waals surface area contributed by atoms with Gasteiger partial charge in [0, 0.05) is 25.1 Å². The van der Waals surface area contributed by atoms with E-state index in [1.807, 2.05) is 0 Å². The first-order chi connectivity index (χ1) is 10.1. The van der Waals surface area contributed by atoms with Crippen molar-refractivity contribution in [3.05, 3.63) is 35.6 Å². The Morgan fingerprint density at radius 1 is 1.29 bits per heavy atom. The van der Waals surface area contributed by atoms with Gasteiger partial charge in [0.05, 0.1) is 6.54 Å². The molecule has 1 aromatic carbocycles. The third-order valence-corrected chi connectivity index (χ3v) is 3.92. The number of hydrogen-bond donors (Lipinski definition) is 1. The topological polar surface area (TPSA) is 49.4 Å². The van der Waals surface area contributed by atoms with Crippen molar-refractivity contribution < 1.29 is 14.0 Å². The summed E-state index contributed by atoms with van der Waals surface area (Å²) in [5.41, 5.74) is 0.445. The lowest BCUT2D eigenvalue weighted by Gasteiger charge is -2.27. The molecule has 0 radical (unpaired) electrons. The van der Waals surface area contributed by atoms with Crippen LogP contribution >= 0.6 is 0 Å². The Balaban J connectivity index is 1.87. The molecule has 0 saturated heterocycles. The molecule has 5 heteroatoms. The minimum absolute atomic E-state index is 0.0501. The van der Waals surface area contributed by atoms with Gasteiger partial charge in [0.2, 0.25) is 11.8 Å². The number of hydrogen-bond acceptors (Lipinski definition) is 2. The van der Waals surface area contributed by atoms with Crippen LogP contribution in [0.5, 0.6) is 0 Å². The third-order valence-electron chi connectivity index (χ3n) is 3.92. The van der Waals surface area contributed by atoms with Gasteiger partial charge in [0.15, 0.2) is 0 Å². The van der Waals surface area contributed by atoms with Gasteiger partial charge in [-0.15, -0.1) is 0 Å². The predicted octanol–water partition coefficient (Wildman–Crippen LogP) is 2.23. The molecule has 2 rings (SSSR count). The molecule has 0 aromatic heterocycles. The maximum absolute atomic E-state index is 13.5. The van der Waals surface area contributed by atoms with Crippen molar-refractivity contribution in [2.75, 3.05) is 6.54 Å². The Hall–Kier alpha value is -1.91. The summed E-state index contributed by atoms with van der Waals surface area (Å²) in [4.78, 5) is 25.3. The first-order valence-corrected chi connectivity index (χ1v) is 7.35. The van der Waals surface area contributed by atoms with Crippen LogP contribution in [0, 0.1) is 5.82 Å². The highest BCUT2D eigenvalue weighted by Gasteiger charge is 2.26. The number of rotatable bonds is 5. The number of halogens is 1. The number of carbonyl (C=O) groups excluding carboxylic acids is 2. The van der Waals surface area contributed by atoms with Gasteiger partial charge in [0.1, 0.15) is 5.82 Å². The monoisotopic (exact) mass is 292 g/mol. The summed E-state index contributed by atoms with van der Waals surface area (Å²) in [5, 5.41) is 2.68. The molecule has 1 aliphatic carbocycles. The van der Waals surface area contributed by atoms with E-state index < -0.39 is 0 Å². The molecular weight excluding hydrogens is 271 g/mol. The van der Waals surface area contributed by atoms with E-state index in [2.05, 4.69) is 5.32 Å². The largest absolute Gasteiger partial charge is 0.350 e. The summed E-state index contributed by atoms with van der Waals surface area (Å²) in [6.45, 7) is 1.68. The van der Waals surface area contributed by atoms with Crippen molar-refractivity contribution in [2.24, 2.45) is 0 Å². The average molecular weight is 292 g/mol. The highest BCUT2D eigenvalue weighted by Crippen LogP contribution is 2.23. The fourth-order valence-corrected chi connectivity index (χ4v) is 2.76. The molecule has 0 spiro atoms. The minimum Gasteiger partial charge on any atom is -0.350 e. The summed E-state index contributed by atoms with van der Waals surface area (Å²) in [7, 11) is 0. The molecule has 0 aliphatic heterocycles. The van der Waals surface area contributed by atoms with Crippen molar-refractivity contribution >= 4 is 11.8 Å². The SMILES string of the molecule is CC(=O)N(CC(=O)NCc1ccccc1F)C1CCCC1. The van der Waals surface area contributed by atoms with E-state index in [1.165, 1.54) is 13.0 Å². The van der Waals surface area contributed by atoms with Gasteiger partial charge in [-0.1, -0.05) is 31.0 Å². The Labute approximate surface area is 124 Å². The molecule has 2 amide bonds. The van der Waals surface area contributed by atoms with Gasteiger partial charge in [-0.25, -0.2) is 4.39 Å². The highest BCUT2D eigenvalue weighted by molar-refractivity contribution is 5.84. The molecule has 0 atom stereocenters. The lowest BCUT2D eigenvalue weighted by atomic mass is 10.2. The number of benzene rings is 1. The minimum atomic E-state index is -0.336. The lowest BCUT2D eigenvalue weighted by Crippen LogP contribution is -2.44. The standard InChI is InChI=1S/C16H21FN2O2/c1-12(20)19(14-7-3-4-8-14)11-16(21)18-10-13-6-2-5-9-15(13)17/h2,5-6,9,14H,3-4,7-8,10-11H2,1H3,(H,18,21). The quantitative estimate of drug-likeness (QED) is 0.904. The zero-order chi connectivity index (χ0) is 15.2. The Morgan fingerprint density at radius 2 is 1.95 bits per heavy atom. The molecule has 21 heavy (non-hydrogen) atoms. The average Bonchev–Trinajstić information content (AvgIpc) is 2.97. The fraction of sp³-hybridized carbons (Fsp3) is 0.500. The Morgan fingerprint density at radius 3 is 2.57 bits per heavy atom. The summed E-state index contributed by atoms with van der Waals surface area (Å²) < 4.78 is 13.5. The van der Waals surface area contributed by atoms with E-state index in [4.69, 9.17) is 0 Å². The second-order valence-electron chi connectivity index (χ2n) is 5.45. The molecule has 1 fully saturated rings. The summed E-state index contributed by atoms with van der Waals surface area (Å²) >= 11 is 0. The van der Waals surface area contributed by atoms with E-state index in [1.54, 1.807) is 23.1 Å². The van der Waals surface area contributed by atoms with E-state index in [-0.39, 0.29) is 36.8 Å². The van der Waals surface area contributed by atoms with E-state index >= 15 is 0 Å². The van der Waals surface area contributed by atoms with Crippen molar-refractivity contribution in [1.82, 2.24) is 10.2 Å². The van der Waals surface area contributed by atoms with Crippen LogP contribution in [0.25, 0.3) is 0 Å². The van der Waals surface area contributed by atoms with E-state index in [0.29, 0.717) is 5.56 Å². The zero-order valence-corrected chi connectivity index (χ0v) is 12.3. The van der Waals surface area contributed by atoms with Gasteiger partial charge in [0.25, 0.3) is 0 Å². The molecule has 114 valence electrons. The summed E-state index contributed by atoms with van der Waals surface area (Å²) in [6, 6.07) is 6.50. The van der Waals surface area contributed by atoms with Crippen molar-refractivity contribution in [3.8, 4) is 0 Å². The molecule has 4 nitrogen and oxygen atoms in total. The van der Waals surface area contributed by atoms with Crippen LogP contribution in [0.1, 0.15) is 38.2 Å². The Bertz CT molecular complexity index is 513. The van der Waals surface area contributed by atoms with Crippen LogP contribution in [0.3, 0.4) is 0 Å². The van der Waals surface area contributed by atoms with Gasteiger partial charge >= 0.3 is 0 Å². The smallest absolute Gasteiger partial charge is 0.239 e. The summed E-state index contributed by atoms with van der Waals surface area (Å²) in [5.74, 6) is -0.666. The maximum Gasteiger partial charge on any atom is 0.239 e. The normalized spacial score (nSPS) is 15.0. The van der Waals surface area contributed by atoms with Crippen LogP contribution in [0.15, 0.2) is 24.3 Å². The van der Waals surface area contributed by atoms with Gasteiger partial charge < -0.3 is 10.2 Å². The van der Waals surface area contributed by atoms with Crippen molar-refractivity contribution in [1.29, 1.82) is 0 Å². The van der Waals surface area contributed by atoms with Gasteiger partial charge in [-0.05, 0) is 18.9 Å². The molecule has 1 saturated carbocycles. The first kappa shape index (κ1) is 15.5. The molecule has 0 bridgehead atoms. The van der Waals surface area contributed by atoms with Crippen molar-refractivity contribution in [3.63, 3.8) is 0 Å². The molecule has 0 heterocycles. The highest BCUT2D eigenvalue weighted by atomic mass is 19.1. The second kappa shape index (κ2) is 7.20. The molecule has 1 N–H and O–H groups in total. The van der Waals surface area contributed by atoms with Crippen LogP contribution in [-0.4, -0.2) is 29.3 Å². The van der Waals surface area contributed by atoms with Crippen LogP contribution in [0.4, 0.5) is 4.39 Å². The third kappa shape index (κ3) is 4.28. The molecule has 0 unspecified atom stereocenters. The van der Waals surface area contributed by atoms with Crippen molar-refractivity contribution in [2.45, 2.75) is 45.2 Å². The molecule has 1 aromatic rings. The fourth-order valence-electron chi connectivity index (χ4n) is 2.76. The van der Waals surface area contributed by atoms with E-state index in [9.17, 15) is 14.0 Å². The zero-order valence-electron chi connectivity index (χ0n) is 12.3. The van der Waals surface area contributed by atoms with Gasteiger partial charge in [-0.3, -0.25) is 9.59 Å². The number of carbonyl (C=O) groups is 2. The summed E-state index contributed by atoms with van der Waals surface area (Å²) in [6.07, 6.45) is 4.12. The Kier molecular flexibility index (Phi) is 5.31. The van der Waals surface area contributed by atoms with Crippen LogP contribution in [0.2, 0.25) is 0 Å². The van der Waals surface area contributed by atoms with Crippen LogP contribution in [-0.2, 0) is 16.1 Å². The predicted molar refractivity (Wildman–Crippen MR) is 77.9 cm³/mol.